The summed E-state index contributed by atoms with van der Waals surface area (Å²) in [4.78, 5) is 0. The van der Waals surface area contributed by atoms with E-state index in [1.165, 1.54) is 18.2 Å². The summed E-state index contributed by atoms with van der Waals surface area (Å²) in [5, 5.41) is 7.79. The Bertz CT molecular complexity index is 813. The van der Waals surface area contributed by atoms with Crippen LogP contribution in [0.15, 0.2) is 42.6 Å². The van der Waals surface area contributed by atoms with Crippen LogP contribution in [0.2, 0.25) is 0 Å². The van der Waals surface area contributed by atoms with Crippen molar-refractivity contribution >= 4 is 11.3 Å². The number of aromatic nitrogens is 3. The first kappa shape index (κ1) is 14.2. The van der Waals surface area contributed by atoms with Gasteiger partial charge in [-0.25, -0.2) is 0 Å². The molecule has 0 unspecified atom stereocenters. The van der Waals surface area contributed by atoms with E-state index in [0.29, 0.717) is 17.2 Å². The van der Waals surface area contributed by atoms with E-state index in [9.17, 15) is 13.2 Å². The lowest BCUT2D eigenvalue weighted by molar-refractivity contribution is -0.139. The SMILES string of the molecule is Nc1ccn2c(COc3ccccc3C(F)(F)F)nnc2c1. The molecule has 0 amide bonds. The van der Waals surface area contributed by atoms with Crippen molar-refractivity contribution in [3.05, 3.63) is 54.0 Å². The Kier molecular flexibility index (Phi) is 3.36. The van der Waals surface area contributed by atoms with Gasteiger partial charge in [-0.05, 0) is 18.2 Å². The molecule has 0 aliphatic carbocycles. The standard InChI is InChI=1S/C14H11F3N4O/c15-14(16,17)10-3-1-2-4-11(10)22-8-13-20-19-12-7-9(18)5-6-21(12)13/h1-7H,8,18H2. The number of nitrogens with two attached hydrogens (primary N) is 1. The highest BCUT2D eigenvalue weighted by atomic mass is 19.4. The maximum atomic E-state index is 12.9. The second kappa shape index (κ2) is 5.21. The summed E-state index contributed by atoms with van der Waals surface area (Å²) in [5.41, 5.74) is 5.83. The molecule has 3 aromatic rings. The monoisotopic (exact) mass is 308 g/mol. The second-order valence-electron chi connectivity index (χ2n) is 4.59. The van der Waals surface area contributed by atoms with E-state index in [2.05, 4.69) is 10.2 Å². The van der Waals surface area contributed by atoms with Crippen molar-refractivity contribution < 1.29 is 17.9 Å². The largest absolute Gasteiger partial charge is 0.485 e. The highest BCUT2D eigenvalue weighted by molar-refractivity contribution is 5.51. The van der Waals surface area contributed by atoms with E-state index in [4.69, 9.17) is 10.5 Å². The number of pyridine rings is 1. The first-order valence-corrected chi connectivity index (χ1v) is 6.33. The summed E-state index contributed by atoms with van der Waals surface area (Å²) in [6, 6.07) is 8.28. The molecule has 0 aliphatic heterocycles. The third-order valence-corrected chi connectivity index (χ3v) is 3.05. The Balaban J connectivity index is 1.86. The van der Waals surface area contributed by atoms with Gasteiger partial charge in [-0.1, -0.05) is 12.1 Å². The number of nitrogen functional groups attached to an aromatic ring is 1. The van der Waals surface area contributed by atoms with Crippen LogP contribution >= 0.6 is 0 Å². The minimum absolute atomic E-state index is 0.141. The van der Waals surface area contributed by atoms with Crippen molar-refractivity contribution in [3.63, 3.8) is 0 Å². The lowest BCUT2D eigenvalue weighted by Gasteiger charge is -2.13. The Morgan fingerprint density at radius 3 is 2.68 bits per heavy atom. The van der Waals surface area contributed by atoms with Gasteiger partial charge in [0.2, 0.25) is 0 Å². The van der Waals surface area contributed by atoms with Crippen molar-refractivity contribution in [1.29, 1.82) is 0 Å². The van der Waals surface area contributed by atoms with Crippen LogP contribution in [0.25, 0.3) is 5.65 Å². The van der Waals surface area contributed by atoms with Crippen molar-refractivity contribution in [2.45, 2.75) is 12.8 Å². The van der Waals surface area contributed by atoms with Gasteiger partial charge >= 0.3 is 6.18 Å². The Morgan fingerprint density at radius 1 is 1.14 bits per heavy atom. The van der Waals surface area contributed by atoms with Crippen LogP contribution in [0.1, 0.15) is 11.4 Å². The molecule has 0 fully saturated rings. The van der Waals surface area contributed by atoms with E-state index >= 15 is 0 Å². The van der Waals surface area contributed by atoms with Gasteiger partial charge in [0.05, 0.1) is 5.56 Å². The normalized spacial score (nSPS) is 11.8. The lowest BCUT2D eigenvalue weighted by Crippen LogP contribution is -2.09. The molecule has 2 aromatic heterocycles. The summed E-state index contributed by atoms with van der Waals surface area (Å²) in [6.45, 7) is -0.141. The molecule has 0 bridgehead atoms. The van der Waals surface area contributed by atoms with Crippen LogP contribution in [0.3, 0.4) is 0 Å². The molecule has 5 nitrogen and oxygen atoms in total. The molecule has 0 radical (unpaired) electrons. The van der Waals surface area contributed by atoms with Crippen LogP contribution in [-0.4, -0.2) is 14.6 Å². The molecule has 0 atom stereocenters. The topological polar surface area (TPSA) is 65.4 Å². The number of anilines is 1. The summed E-state index contributed by atoms with van der Waals surface area (Å²) >= 11 is 0. The molecule has 2 N–H and O–H groups in total. The van der Waals surface area contributed by atoms with E-state index in [1.807, 2.05) is 0 Å². The number of hydrogen-bond donors (Lipinski definition) is 1. The quantitative estimate of drug-likeness (QED) is 0.808. The molecule has 2 heterocycles. The fourth-order valence-electron chi connectivity index (χ4n) is 2.02. The Labute approximate surface area is 123 Å². The second-order valence-corrected chi connectivity index (χ2v) is 4.59. The molecular formula is C14H11F3N4O. The van der Waals surface area contributed by atoms with Crippen LogP contribution < -0.4 is 10.5 Å². The summed E-state index contributed by atoms with van der Waals surface area (Å²) < 4.78 is 45.5. The number of nitrogens with zero attached hydrogens (tertiary/aromatic N) is 3. The van der Waals surface area contributed by atoms with Crippen LogP contribution in [0.5, 0.6) is 5.75 Å². The first-order valence-electron chi connectivity index (χ1n) is 6.33. The Hall–Kier alpha value is -2.77. The third-order valence-electron chi connectivity index (χ3n) is 3.05. The maximum absolute atomic E-state index is 12.9. The van der Waals surface area contributed by atoms with Gasteiger partial charge in [0.1, 0.15) is 12.4 Å². The molecule has 8 heteroatoms. The first-order chi connectivity index (χ1) is 10.4. The zero-order valence-electron chi connectivity index (χ0n) is 11.2. The zero-order valence-corrected chi connectivity index (χ0v) is 11.2. The molecule has 1 aromatic carbocycles. The van der Waals surface area contributed by atoms with Gasteiger partial charge in [0.25, 0.3) is 0 Å². The number of benzene rings is 1. The summed E-state index contributed by atoms with van der Waals surface area (Å²) in [6.07, 6.45) is -2.84. The van der Waals surface area contributed by atoms with Gasteiger partial charge in [-0.15, -0.1) is 10.2 Å². The van der Waals surface area contributed by atoms with Crippen molar-refractivity contribution in [1.82, 2.24) is 14.6 Å². The molecule has 3 rings (SSSR count). The molecule has 0 aliphatic rings. The molecule has 114 valence electrons. The van der Waals surface area contributed by atoms with Gasteiger partial charge in [0.15, 0.2) is 11.5 Å². The lowest BCUT2D eigenvalue weighted by atomic mass is 10.2. The number of hydrogen-bond acceptors (Lipinski definition) is 4. The fraction of sp³-hybridized carbons (Fsp3) is 0.143. The molecule has 0 saturated carbocycles. The summed E-state index contributed by atoms with van der Waals surface area (Å²) in [5.74, 6) is 0.133. The minimum atomic E-state index is -4.47. The molecule has 0 saturated heterocycles. The molecule has 22 heavy (non-hydrogen) atoms. The van der Waals surface area contributed by atoms with E-state index in [1.54, 1.807) is 22.7 Å². The average molecular weight is 308 g/mol. The van der Waals surface area contributed by atoms with Gasteiger partial charge in [-0.3, -0.25) is 4.40 Å². The van der Waals surface area contributed by atoms with Crippen molar-refractivity contribution in [3.8, 4) is 5.75 Å². The predicted molar refractivity (Wildman–Crippen MR) is 73.2 cm³/mol. The van der Waals surface area contributed by atoms with Crippen LogP contribution in [0, 0.1) is 0 Å². The maximum Gasteiger partial charge on any atom is 0.419 e. The number of rotatable bonds is 3. The third kappa shape index (κ3) is 2.67. The van der Waals surface area contributed by atoms with Crippen molar-refractivity contribution in [2.24, 2.45) is 0 Å². The number of halogens is 3. The molecular weight excluding hydrogens is 297 g/mol. The zero-order chi connectivity index (χ0) is 15.7. The smallest absolute Gasteiger partial charge is 0.419 e. The van der Waals surface area contributed by atoms with Crippen molar-refractivity contribution in [2.75, 3.05) is 5.73 Å². The van der Waals surface area contributed by atoms with E-state index in [0.717, 1.165) is 6.07 Å². The van der Waals surface area contributed by atoms with Gasteiger partial charge in [0, 0.05) is 18.0 Å². The molecule has 0 spiro atoms. The average Bonchev–Trinajstić information content (AvgIpc) is 2.86. The number of ether oxygens (including phenoxy) is 1. The number of para-hydroxylation sites is 1. The number of alkyl halides is 3. The highest BCUT2D eigenvalue weighted by Gasteiger charge is 2.34. The van der Waals surface area contributed by atoms with Gasteiger partial charge < -0.3 is 10.5 Å². The predicted octanol–water partition coefficient (Wildman–Crippen LogP) is 2.91. The number of fused-ring (bicyclic) bond motifs is 1. The highest BCUT2D eigenvalue weighted by Crippen LogP contribution is 2.36. The van der Waals surface area contributed by atoms with E-state index < -0.39 is 11.7 Å². The Morgan fingerprint density at radius 2 is 1.91 bits per heavy atom. The minimum Gasteiger partial charge on any atom is -0.485 e. The van der Waals surface area contributed by atoms with Crippen LogP contribution in [-0.2, 0) is 12.8 Å². The summed E-state index contributed by atoms with van der Waals surface area (Å²) in [7, 11) is 0. The fourth-order valence-corrected chi connectivity index (χ4v) is 2.02. The van der Waals surface area contributed by atoms with Crippen LogP contribution in [0.4, 0.5) is 18.9 Å². The van der Waals surface area contributed by atoms with E-state index in [-0.39, 0.29) is 12.4 Å². The van der Waals surface area contributed by atoms with Gasteiger partial charge in [-0.2, -0.15) is 13.2 Å².